The van der Waals surface area contributed by atoms with Crippen LogP contribution in [0.4, 0.5) is 10.1 Å². The van der Waals surface area contributed by atoms with Crippen molar-refractivity contribution in [3.63, 3.8) is 0 Å². The number of aryl methyl sites for hydroxylation is 1. The molecule has 27 heavy (non-hydrogen) atoms. The van der Waals surface area contributed by atoms with Crippen molar-refractivity contribution < 1.29 is 19.1 Å². The normalized spacial score (nSPS) is 14.8. The Hall–Kier alpha value is -2.89. The maximum absolute atomic E-state index is 13.6. The van der Waals surface area contributed by atoms with Crippen molar-refractivity contribution >= 4 is 17.5 Å². The number of rotatable bonds is 5. The third-order valence-electron chi connectivity index (χ3n) is 4.95. The van der Waals surface area contributed by atoms with Crippen molar-refractivity contribution in [2.24, 2.45) is 5.92 Å². The number of anilines is 1. The Kier molecular flexibility index (Phi) is 6.06. The number of hydrogen-bond acceptors (Lipinski definition) is 3. The van der Waals surface area contributed by atoms with Crippen LogP contribution in [-0.2, 0) is 16.0 Å². The predicted octanol–water partition coefficient (Wildman–Crippen LogP) is 3.34. The molecular weight excluding hydrogens is 347 g/mol. The molecule has 2 aromatic carbocycles. The number of carbonyl (C=O) groups is 2. The first-order valence-corrected chi connectivity index (χ1v) is 9.14. The molecule has 1 aliphatic rings. The standard InChI is InChI=1S/C21H23FN2O3/c22-17-6-2-1-5-15(17)9-10-20(26)24-13-11-16(12-14-24)21(27)23-18-7-3-4-8-19(18)25/h1-8,16,25H,9-14H2,(H,23,27). The Morgan fingerprint density at radius 2 is 1.74 bits per heavy atom. The van der Waals surface area contributed by atoms with Gasteiger partial charge >= 0.3 is 0 Å². The minimum atomic E-state index is -0.287. The number of amides is 2. The molecule has 0 atom stereocenters. The summed E-state index contributed by atoms with van der Waals surface area (Å²) in [6.45, 7) is 1.02. The molecule has 1 fully saturated rings. The smallest absolute Gasteiger partial charge is 0.227 e. The van der Waals surface area contributed by atoms with Crippen molar-refractivity contribution in [3.8, 4) is 5.75 Å². The van der Waals surface area contributed by atoms with E-state index in [1.165, 1.54) is 12.1 Å². The van der Waals surface area contributed by atoms with Crippen molar-refractivity contribution in [3.05, 3.63) is 59.9 Å². The van der Waals surface area contributed by atoms with E-state index >= 15 is 0 Å². The lowest BCUT2D eigenvalue weighted by molar-refractivity contribution is -0.134. The van der Waals surface area contributed by atoms with E-state index in [0.29, 0.717) is 43.6 Å². The fraction of sp³-hybridized carbons (Fsp3) is 0.333. The van der Waals surface area contributed by atoms with E-state index < -0.39 is 0 Å². The summed E-state index contributed by atoms with van der Waals surface area (Å²) in [6, 6.07) is 13.1. The molecule has 1 heterocycles. The molecule has 5 nitrogen and oxygen atoms in total. The second-order valence-electron chi connectivity index (χ2n) is 6.75. The molecule has 142 valence electrons. The molecule has 0 aromatic heterocycles. The van der Waals surface area contributed by atoms with E-state index in [2.05, 4.69) is 5.32 Å². The van der Waals surface area contributed by atoms with Gasteiger partial charge in [-0.2, -0.15) is 0 Å². The predicted molar refractivity (Wildman–Crippen MR) is 101 cm³/mol. The van der Waals surface area contributed by atoms with Crippen LogP contribution in [0.1, 0.15) is 24.8 Å². The Morgan fingerprint density at radius 3 is 2.44 bits per heavy atom. The Morgan fingerprint density at radius 1 is 1.07 bits per heavy atom. The van der Waals surface area contributed by atoms with E-state index in [-0.39, 0.29) is 35.7 Å². The summed E-state index contributed by atoms with van der Waals surface area (Å²) in [4.78, 5) is 26.5. The lowest BCUT2D eigenvalue weighted by Crippen LogP contribution is -2.41. The van der Waals surface area contributed by atoms with Crippen LogP contribution in [0.5, 0.6) is 5.75 Å². The lowest BCUT2D eigenvalue weighted by atomic mass is 9.95. The van der Waals surface area contributed by atoms with Gasteiger partial charge in [0.15, 0.2) is 0 Å². The highest BCUT2D eigenvalue weighted by atomic mass is 19.1. The maximum atomic E-state index is 13.6. The highest BCUT2D eigenvalue weighted by Gasteiger charge is 2.27. The van der Waals surface area contributed by atoms with Gasteiger partial charge in [-0.1, -0.05) is 30.3 Å². The van der Waals surface area contributed by atoms with Crippen LogP contribution in [0, 0.1) is 11.7 Å². The minimum absolute atomic E-state index is 0.0159. The molecule has 3 rings (SSSR count). The van der Waals surface area contributed by atoms with E-state index in [1.54, 1.807) is 41.3 Å². The molecule has 0 radical (unpaired) electrons. The van der Waals surface area contributed by atoms with Crippen LogP contribution < -0.4 is 5.32 Å². The summed E-state index contributed by atoms with van der Waals surface area (Å²) in [5, 5.41) is 12.5. The van der Waals surface area contributed by atoms with Gasteiger partial charge in [-0.25, -0.2) is 4.39 Å². The number of aromatic hydroxyl groups is 1. The fourth-order valence-electron chi connectivity index (χ4n) is 3.31. The summed E-state index contributed by atoms with van der Waals surface area (Å²) >= 11 is 0. The largest absolute Gasteiger partial charge is 0.506 e. The highest BCUT2D eigenvalue weighted by molar-refractivity contribution is 5.94. The second kappa shape index (κ2) is 8.66. The Labute approximate surface area is 157 Å². The summed E-state index contributed by atoms with van der Waals surface area (Å²) in [7, 11) is 0. The first kappa shape index (κ1) is 18.9. The van der Waals surface area contributed by atoms with Gasteiger partial charge in [-0.05, 0) is 43.0 Å². The first-order chi connectivity index (χ1) is 13.0. The molecule has 1 saturated heterocycles. The number of hydrogen-bond donors (Lipinski definition) is 2. The number of benzene rings is 2. The topological polar surface area (TPSA) is 69.6 Å². The molecule has 0 unspecified atom stereocenters. The van der Waals surface area contributed by atoms with Gasteiger partial charge in [0.05, 0.1) is 5.69 Å². The van der Waals surface area contributed by atoms with Crippen molar-refractivity contribution in [2.45, 2.75) is 25.7 Å². The molecule has 0 saturated carbocycles. The summed E-state index contributed by atoms with van der Waals surface area (Å²) in [6.07, 6.45) is 1.78. The number of nitrogens with zero attached hydrogens (tertiary/aromatic N) is 1. The summed E-state index contributed by atoms with van der Waals surface area (Å²) < 4.78 is 13.6. The number of nitrogens with one attached hydrogen (secondary N) is 1. The minimum Gasteiger partial charge on any atom is -0.506 e. The van der Waals surface area contributed by atoms with E-state index in [0.717, 1.165) is 0 Å². The molecule has 0 spiro atoms. The van der Waals surface area contributed by atoms with Gasteiger partial charge in [0.25, 0.3) is 0 Å². The first-order valence-electron chi connectivity index (χ1n) is 9.14. The van der Waals surface area contributed by atoms with Gasteiger partial charge in [0, 0.05) is 25.4 Å². The van der Waals surface area contributed by atoms with Gasteiger partial charge in [0.2, 0.25) is 11.8 Å². The zero-order chi connectivity index (χ0) is 19.2. The second-order valence-corrected chi connectivity index (χ2v) is 6.75. The van der Waals surface area contributed by atoms with Crippen LogP contribution in [0.25, 0.3) is 0 Å². The van der Waals surface area contributed by atoms with Crippen LogP contribution >= 0.6 is 0 Å². The number of para-hydroxylation sites is 2. The number of likely N-dealkylation sites (tertiary alicyclic amines) is 1. The van der Waals surface area contributed by atoms with Crippen molar-refractivity contribution in [1.82, 2.24) is 4.90 Å². The quantitative estimate of drug-likeness (QED) is 0.793. The van der Waals surface area contributed by atoms with Crippen LogP contribution in [-0.4, -0.2) is 34.9 Å². The molecule has 0 bridgehead atoms. The van der Waals surface area contributed by atoms with Crippen molar-refractivity contribution in [2.75, 3.05) is 18.4 Å². The zero-order valence-corrected chi connectivity index (χ0v) is 15.0. The van der Waals surface area contributed by atoms with E-state index in [4.69, 9.17) is 0 Å². The van der Waals surface area contributed by atoms with Gasteiger partial charge in [0.1, 0.15) is 11.6 Å². The van der Waals surface area contributed by atoms with E-state index in [1.807, 2.05) is 0 Å². The van der Waals surface area contributed by atoms with Crippen LogP contribution in [0.2, 0.25) is 0 Å². The monoisotopic (exact) mass is 370 g/mol. The summed E-state index contributed by atoms with van der Waals surface area (Å²) in [5.41, 5.74) is 0.939. The lowest BCUT2D eigenvalue weighted by Gasteiger charge is -2.31. The Bertz CT molecular complexity index is 817. The van der Waals surface area contributed by atoms with Crippen LogP contribution in [0.15, 0.2) is 48.5 Å². The molecule has 2 N–H and O–H groups in total. The van der Waals surface area contributed by atoms with Crippen molar-refractivity contribution in [1.29, 1.82) is 0 Å². The number of halogens is 1. The average molecular weight is 370 g/mol. The molecular formula is C21H23FN2O3. The van der Waals surface area contributed by atoms with E-state index in [9.17, 15) is 19.1 Å². The third kappa shape index (κ3) is 4.84. The molecule has 2 amide bonds. The molecule has 0 aliphatic carbocycles. The number of piperidine rings is 1. The van der Waals surface area contributed by atoms with Crippen LogP contribution in [0.3, 0.4) is 0 Å². The van der Waals surface area contributed by atoms with Gasteiger partial charge in [-0.15, -0.1) is 0 Å². The highest BCUT2D eigenvalue weighted by Crippen LogP contribution is 2.25. The molecule has 1 aliphatic heterocycles. The summed E-state index contributed by atoms with van der Waals surface area (Å²) in [5.74, 6) is -0.607. The molecule has 2 aromatic rings. The number of phenolic OH excluding ortho intramolecular Hbond substituents is 1. The third-order valence-corrected chi connectivity index (χ3v) is 4.95. The molecule has 6 heteroatoms. The number of carbonyl (C=O) groups excluding carboxylic acids is 2. The van der Waals surface area contributed by atoms with Gasteiger partial charge < -0.3 is 15.3 Å². The Balaban J connectivity index is 1.47. The van der Waals surface area contributed by atoms with Gasteiger partial charge in [-0.3, -0.25) is 9.59 Å². The average Bonchev–Trinajstić information content (AvgIpc) is 2.69. The fourth-order valence-corrected chi connectivity index (χ4v) is 3.31. The maximum Gasteiger partial charge on any atom is 0.227 e. The SMILES string of the molecule is O=C(Nc1ccccc1O)C1CCN(C(=O)CCc2ccccc2F)CC1. The number of phenols is 1. The zero-order valence-electron chi connectivity index (χ0n) is 15.0.